The molecule has 0 saturated carbocycles. The van der Waals surface area contributed by atoms with E-state index in [2.05, 4.69) is 27.1 Å². The topological polar surface area (TPSA) is 59.0 Å². The minimum absolute atomic E-state index is 0.244. The van der Waals surface area contributed by atoms with Crippen LogP contribution in [-0.2, 0) is 13.0 Å². The van der Waals surface area contributed by atoms with E-state index < -0.39 is 0 Å². The number of benzene rings is 2. The summed E-state index contributed by atoms with van der Waals surface area (Å²) in [5.74, 6) is 1.16. The Bertz CT molecular complexity index is 957. The summed E-state index contributed by atoms with van der Waals surface area (Å²) in [6, 6.07) is 13.5. The molecule has 1 aliphatic rings. The Balaban J connectivity index is 1.43. The average molecular weight is 346 g/mol. The average Bonchev–Trinajstić information content (AvgIpc) is 3.22. The van der Waals surface area contributed by atoms with Gasteiger partial charge in [0.15, 0.2) is 0 Å². The molecule has 3 aromatic rings. The first-order valence-corrected chi connectivity index (χ1v) is 8.90. The number of nitrogens with one attached hydrogen (secondary N) is 2. The van der Waals surface area contributed by atoms with Gasteiger partial charge >= 0.3 is 6.03 Å². The summed E-state index contributed by atoms with van der Waals surface area (Å²) in [4.78, 5) is 16.7. The highest BCUT2D eigenvalue weighted by atomic mass is 16.2. The van der Waals surface area contributed by atoms with Crippen molar-refractivity contribution in [3.05, 3.63) is 65.6 Å². The van der Waals surface area contributed by atoms with Crippen LogP contribution in [0, 0.1) is 13.8 Å². The van der Waals surface area contributed by atoms with E-state index in [9.17, 15) is 4.79 Å². The van der Waals surface area contributed by atoms with Crippen molar-refractivity contribution in [1.29, 1.82) is 0 Å². The summed E-state index contributed by atoms with van der Waals surface area (Å²) in [7, 11) is 0. The molecule has 2 heterocycles. The molecule has 5 nitrogen and oxygen atoms in total. The summed E-state index contributed by atoms with van der Waals surface area (Å²) in [5.41, 5.74) is 6.17. The van der Waals surface area contributed by atoms with E-state index in [4.69, 9.17) is 0 Å². The van der Waals surface area contributed by atoms with Gasteiger partial charge in [0, 0.05) is 24.3 Å². The predicted octanol–water partition coefficient (Wildman–Crippen LogP) is 4.76. The number of rotatable bonds is 3. The normalized spacial score (nSPS) is 12.7. The van der Waals surface area contributed by atoms with Gasteiger partial charge in [-0.05, 0) is 61.2 Å². The van der Waals surface area contributed by atoms with Crippen LogP contribution in [-0.4, -0.2) is 15.6 Å². The third kappa shape index (κ3) is 3.20. The molecule has 0 saturated heterocycles. The van der Waals surface area contributed by atoms with Crippen molar-refractivity contribution >= 4 is 17.4 Å². The van der Waals surface area contributed by atoms with Crippen LogP contribution in [0.5, 0.6) is 0 Å². The number of carbonyl (C=O) groups excluding carboxylic acids is 1. The number of aryl methyl sites for hydroxylation is 3. The number of carbonyl (C=O) groups is 1. The van der Waals surface area contributed by atoms with E-state index in [0.717, 1.165) is 53.4 Å². The van der Waals surface area contributed by atoms with Gasteiger partial charge < -0.3 is 15.2 Å². The Morgan fingerprint density at radius 3 is 2.50 bits per heavy atom. The summed E-state index contributed by atoms with van der Waals surface area (Å²) < 4.78 is 2.27. The molecule has 0 aliphatic carbocycles. The molecule has 1 aromatic heterocycles. The quantitative estimate of drug-likeness (QED) is 0.718. The number of hydrogen-bond donors (Lipinski definition) is 2. The Morgan fingerprint density at radius 1 is 1.00 bits per heavy atom. The molecule has 4 rings (SSSR count). The summed E-state index contributed by atoms with van der Waals surface area (Å²) in [6.45, 7) is 5.12. The van der Waals surface area contributed by atoms with Gasteiger partial charge in [-0.1, -0.05) is 18.2 Å². The van der Waals surface area contributed by atoms with Gasteiger partial charge in [-0.2, -0.15) is 0 Å². The molecule has 2 N–H and O–H groups in total. The fourth-order valence-electron chi connectivity index (χ4n) is 3.33. The van der Waals surface area contributed by atoms with Crippen molar-refractivity contribution in [2.24, 2.45) is 0 Å². The predicted molar refractivity (Wildman–Crippen MR) is 105 cm³/mol. The first-order valence-electron chi connectivity index (χ1n) is 8.90. The van der Waals surface area contributed by atoms with Gasteiger partial charge in [-0.15, -0.1) is 0 Å². The first kappa shape index (κ1) is 16.4. The SMILES string of the molecule is Cc1ccc(NC(=O)Nc2ccc(-c3cnc4n3CCC4)cc2)cc1C. The molecular weight excluding hydrogens is 324 g/mol. The second-order valence-electron chi connectivity index (χ2n) is 6.77. The Kier molecular flexibility index (Phi) is 4.21. The molecular formula is C21H22N4O. The number of amides is 2. The molecule has 5 heteroatoms. The fraction of sp³-hybridized carbons (Fsp3) is 0.238. The van der Waals surface area contributed by atoms with Crippen molar-refractivity contribution in [2.75, 3.05) is 10.6 Å². The van der Waals surface area contributed by atoms with E-state index in [1.54, 1.807) is 0 Å². The Labute approximate surface area is 153 Å². The molecule has 132 valence electrons. The number of aromatic nitrogens is 2. The molecule has 1 aliphatic heterocycles. The molecule has 0 bridgehead atoms. The number of hydrogen-bond acceptors (Lipinski definition) is 2. The highest BCUT2D eigenvalue weighted by Crippen LogP contribution is 2.26. The monoisotopic (exact) mass is 346 g/mol. The van der Waals surface area contributed by atoms with Crippen LogP contribution in [0.2, 0.25) is 0 Å². The van der Waals surface area contributed by atoms with Crippen LogP contribution in [0.4, 0.5) is 16.2 Å². The zero-order valence-corrected chi connectivity index (χ0v) is 15.0. The lowest BCUT2D eigenvalue weighted by molar-refractivity contribution is 0.262. The minimum Gasteiger partial charge on any atom is -0.328 e. The van der Waals surface area contributed by atoms with Crippen LogP contribution in [0.15, 0.2) is 48.7 Å². The first-order chi connectivity index (χ1) is 12.6. The van der Waals surface area contributed by atoms with Gasteiger partial charge in [-0.25, -0.2) is 9.78 Å². The second-order valence-corrected chi connectivity index (χ2v) is 6.77. The lowest BCUT2D eigenvalue weighted by Crippen LogP contribution is -2.19. The lowest BCUT2D eigenvalue weighted by Gasteiger charge is -2.10. The molecule has 0 unspecified atom stereocenters. The lowest BCUT2D eigenvalue weighted by atomic mass is 10.1. The van der Waals surface area contributed by atoms with Crippen molar-refractivity contribution < 1.29 is 4.79 Å². The molecule has 2 aromatic carbocycles. The smallest absolute Gasteiger partial charge is 0.323 e. The number of nitrogens with zero attached hydrogens (tertiary/aromatic N) is 2. The van der Waals surface area contributed by atoms with Gasteiger partial charge in [0.05, 0.1) is 11.9 Å². The zero-order valence-electron chi connectivity index (χ0n) is 15.0. The number of fused-ring (bicyclic) bond motifs is 1. The summed E-state index contributed by atoms with van der Waals surface area (Å²) >= 11 is 0. The Hall–Kier alpha value is -3.08. The minimum atomic E-state index is -0.244. The largest absolute Gasteiger partial charge is 0.328 e. The van der Waals surface area contributed by atoms with Gasteiger partial charge in [0.1, 0.15) is 5.82 Å². The summed E-state index contributed by atoms with van der Waals surface area (Å²) in [6.07, 6.45) is 4.15. The third-order valence-corrected chi connectivity index (χ3v) is 4.92. The number of anilines is 2. The number of imidazole rings is 1. The van der Waals surface area contributed by atoms with Crippen molar-refractivity contribution in [2.45, 2.75) is 33.2 Å². The molecule has 0 fully saturated rings. The van der Waals surface area contributed by atoms with Gasteiger partial charge in [0.2, 0.25) is 0 Å². The van der Waals surface area contributed by atoms with E-state index >= 15 is 0 Å². The molecule has 0 atom stereocenters. The Morgan fingerprint density at radius 2 is 1.73 bits per heavy atom. The summed E-state index contributed by atoms with van der Waals surface area (Å²) in [5, 5.41) is 5.75. The van der Waals surface area contributed by atoms with E-state index in [1.165, 1.54) is 5.56 Å². The highest BCUT2D eigenvalue weighted by Gasteiger charge is 2.16. The maximum Gasteiger partial charge on any atom is 0.323 e. The molecule has 0 spiro atoms. The van der Waals surface area contributed by atoms with Crippen LogP contribution < -0.4 is 10.6 Å². The number of urea groups is 1. The van der Waals surface area contributed by atoms with Crippen LogP contribution >= 0.6 is 0 Å². The van der Waals surface area contributed by atoms with Crippen LogP contribution in [0.25, 0.3) is 11.3 Å². The highest BCUT2D eigenvalue weighted by molar-refractivity contribution is 5.99. The van der Waals surface area contributed by atoms with Gasteiger partial charge in [0.25, 0.3) is 0 Å². The standard InChI is InChI=1S/C21H22N4O/c1-14-5-8-18(12-15(14)2)24-21(26)23-17-9-6-16(7-10-17)19-13-22-20-4-3-11-25(19)20/h5-10,12-13H,3-4,11H2,1-2H3,(H2,23,24,26). The van der Waals surface area contributed by atoms with E-state index in [1.807, 2.05) is 55.6 Å². The maximum atomic E-state index is 12.2. The van der Waals surface area contributed by atoms with Crippen molar-refractivity contribution in [1.82, 2.24) is 9.55 Å². The molecule has 26 heavy (non-hydrogen) atoms. The molecule has 0 radical (unpaired) electrons. The fourth-order valence-corrected chi connectivity index (χ4v) is 3.33. The zero-order chi connectivity index (χ0) is 18.1. The maximum absolute atomic E-state index is 12.2. The van der Waals surface area contributed by atoms with Crippen molar-refractivity contribution in [3.63, 3.8) is 0 Å². The molecule has 2 amide bonds. The van der Waals surface area contributed by atoms with Crippen LogP contribution in [0.1, 0.15) is 23.4 Å². The van der Waals surface area contributed by atoms with Crippen LogP contribution in [0.3, 0.4) is 0 Å². The van der Waals surface area contributed by atoms with E-state index in [0.29, 0.717) is 0 Å². The third-order valence-electron chi connectivity index (χ3n) is 4.92. The van der Waals surface area contributed by atoms with E-state index in [-0.39, 0.29) is 6.03 Å². The second kappa shape index (κ2) is 6.67. The van der Waals surface area contributed by atoms with Gasteiger partial charge in [-0.3, -0.25) is 0 Å². The van der Waals surface area contributed by atoms with Crippen molar-refractivity contribution in [3.8, 4) is 11.3 Å².